The lowest BCUT2D eigenvalue weighted by Crippen LogP contribution is -1.77. The first-order valence-electron chi connectivity index (χ1n) is 6.86. The Morgan fingerprint density at radius 3 is 1.80 bits per heavy atom. The summed E-state index contributed by atoms with van der Waals surface area (Å²) in [6, 6.07) is 0. The second kappa shape index (κ2) is 13.7. The van der Waals surface area contributed by atoms with Gasteiger partial charge in [0.2, 0.25) is 0 Å². The maximum Gasteiger partial charge on any atom is -0.0351 e. The Morgan fingerprint density at radius 2 is 1.27 bits per heavy atom. The van der Waals surface area contributed by atoms with E-state index in [4.69, 9.17) is 0 Å². The molecule has 0 aromatic carbocycles. The molecule has 0 aromatic rings. The van der Waals surface area contributed by atoms with Gasteiger partial charge in [0.05, 0.1) is 0 Å². The average Bonchev–Trinajstić information content (AvgIpc) is 2.26. The minimum atomic E-state index is 1.10. The smallest absolute Gasteiger partial charge is 0.0351 e. The Balaban J connectivity index is 2.97. The van der Waals surface area contributed by atoms with Crippen molar-refractivity contribution in [3.05, 3.63) is 19.1 Å². The molecular formula is C15H29. The summed E-state index contributed by atoms with van der Waals surface area (Å²) in [6.45, 7) is 6.12. The normalized spacial score (nSPS) is 11.3. The summed E-state index contributed by atoms with van der Waals surface area (Å²) in [6.07, 6.45) is 19.4. The van der Waals surface area contributed by atoms with Gasteiger partial charge in [0, 0.05) is 0 Å². The Bertz CT molecular complexity index is 124. The zero-order valence-electron chi connectivity index (χ0n) is 10.6. The van der Waals surface area contributed by atoms with Gasteiger partial charge in [-0.1, -0.05) is 70.9 Å². The molecule has 0 rings (SSSR count). The van der Waals surface area contributed by atoms with E-state index in [0.717, 1.165) is 6.42 Å². The Labute approximate surface area is 97.2 Å². The van der Waals surface area contributed by atoms with Crippen molar-refractivity contribution in [2.24, 2.45) is 0 Å². The van der Waals surface area contributed by atoms with Crippen molar-refractivity contribution in [3.8, 4) is 0 Å². The largest absolute Gasteiger partial charge is 0.0885 e. The van der Waals surface area contributed by atoms with Gasteiger partial charge < -0.3 is 0 Å². The molecule has 0 bridgehead atoms. The summed E-state index contributed by atoms with van der Waals surface area (Å²) in [5, 5.41) is 0. The predicted molar refractivity (Wildman–Crippen MR) is 71.0 cm³/mol. The van der Waals surface area contributed by atoms with E-state index in [0.29, 0.717) is 0 Å². The molecule has 0 amide bonds. The molecule has 0 aliphatic heterocycles. The zero-order valence-corrected chi connectivity index (χ0v) is 10.6. The second-order valence-electron chi connectivity index (χ2n) is 4.38. The summed E-state index contributed by atoms with van der Waals surface area (Å²) in [7, 11) is 0. The van der Waals surface area contributed by atoms with Gasteiger partial charge >= 0.3 is 0 Å². The van der Waals surface area contributed by atoms with Crippen LogP contribution in [-0.4, -0.2) is 0 Å². The molecule has 15 heavy (non-hydrogen) atoms. The number of hydrogen-bond donors (Lipinski definition) is 0. The molecule has 0 aliphatic rings. The molecule has 0 heteroatoms. The van der Waals surface area contributed by atoms with E-state index in [9.17, 15) is 0 Å². The van der Waals surface area contributed by atoms with Crippen molar-refractivity contribution in [2.75, 3.05) is 0 Å². The van der Waals surface area contributed by atoms with Gasteiger partial charge in [0.25, 0.3) is 0 Å². The Kier molecular flexibility index (Phi) is 13.5. The number of hydrogen-bond acceptors (Lipinski definition) is 0. The van der Waals surface area contributed by atoms with Crippen LogP contribution in [0.4, 0.5) is 0 Å². The predicted octanol–water partition coefficient (Wildman–Crippen LogP) is 5.69. The SMILES string of the molecule is [CH2]CCCCCC/C=C\CCCCCC. The molecule has 0 N–H and O–H groups in total. The van der Waals surface area contributed by atoms with Crippen LogP contribution in [0.1, 0.15) is 77.6 Å². The van der Waals surface area contributed by atoms with Crippen molar-refractivity contribution in [2.45, 2.75) is 77.6 Å². The van der Waals surface area contributed by atoms with Crippen molar-refractivity contribution in [1.82, 2.24) is 0 Å². The molecule has 0 spiro atoms. The number of rotatable bonds is 11. The fourth-order valence-corrected chi connectivity index (χ4v) is 1.72. The highest BCUT2D eigenvalue weighted by Gasteiger charge is 1.87. The fourth-order valence-electron chi connectivity index (χ4n) is 1.72. The van der Waals surface area contributed by atoms with Crippen LogP contribution in [0.15, 0.2) is 12.2 Å². The van der Waals surface area contributed by atoms with Gasteiger partial charge in [-0.05, 0) is 25.7 Å². The second-order valence-corrected chi connectivity index (χ2v) is 4.38. The van der Waals surface area contributed by atoms with Crippen LogP contribution in [0, 0.1) is 6.92 Å². The summed E-state index contributed by atoms with van der Waals surface area (Å²) >= 11 is 0. The minimum absolute atomic E-state index is 1.10. The Hall–Kier alpha value is -0.260. The number of allylic oxidation sites excluding steroid dienone is 2. The van der Waals surface area contributed by atoms with E-state index < -0.39 is 0 Å². The molecule has 0 heterocycles. The van der Waals surface area contributed by atoms with Gasteiger partial charge in [-0.3, -0.25) is 0 Å². The molecule has 0 atom stereocenters. The third-order valence-electron chi connectivity index (χ3n) is 2.76. The lowest BCUT2D eigenvalue weighted by atomic mass is 10.1. The summed E-state index contributed by atoms with van der Waals surface area (Å²) in [5.41, 5.74) is 0. The molecular weight excluding hydrogens is 180 g/mol. The highest BCUT2D eigenvalue weighted by Crippen LogP contribution is 2.07. The third-order valence-corrected chi connectivity index (χ3v) is 2.76. The molecule has 0 aliphatic carbocycles. The van der Waals surface area contributed by atoms with E-state index >= 15 is 0 Å². The molecule has 0 fully saturated rings. The maximum absolute atomic E-state index is 3.85. The van der Waals surface area contributed by atoms with Crippen LogP contribution in [0.5, 0.6) is 0 Å². The van der Waals surface area contributed by atoms with Crippen molar-refractivity contribution < 1.29 is 0 Å². The van der Waals surface area contributed by atoms with E-state index in [2.05, 4.69) is 26.0 Å². The molecule has 1 radical (unpaired) electrons. The molecule has 89 valence electrons. The van der Waals surface area contributed by atoms with Gasteiger partial charge in [-0.15, -0.1) is 0 Å². The molecule has 0 saturated heterocycles. The van der Waals surface area contributed by atoms with Crippen LogP contribution >= 0.6 is 0 Å². The first-order valence-corrected chi connectivity index (χ1v) is 6.86. The molecule has 0 nitrogen and oxygen atoms in total. The standard InChI is InChI=1S/C15H29/c1-3-5-7-9-11-13-15-14-12-10-8-6-4-2/h14-15H,1,3-13H2,2H3/b15-14-. The van der Waals surface area contributed by atoms with E-state index in [1.807, 2.05) is 0 Å². The first kappa shape index (κ1) is 14.7. The molecule has 0 unspecified atom stereocenters. The van der Waals surface area contributed by atoms with Crippen LogP contribution in [0.2, 0.25) is 0 Å². The molecule has 0 saturated carbocycles. The summed E-state index contributed by atoms with van der Waals surface area (Å²) in [4.78, 5) is 0. The minimum Gasteiger partial charge on any atom is -0.0885 e. The van der Waals surface area contributed by atoms with E-state index in [1.54, 1.807) is 0 Å². The topological polar surface area (TPSA) is 0 Å². The highest BCUT2D eigenvalue weighted by molar-refractivity contribution is 4.81. The van der Waals surface area contributed by atoms with Crippen LogP contribution < -0.4 is 0 Å². The van der Waals surface area contributed by atoms with E-state index in [1.165, 1.54) is 64.2 Å². The number of unbranched alkanes of at least 4 members (excludes halogenated alkanes) is 9. The monoisotopic (exact) mass is 209 g/mol. The highest BCUT2D eigenvalue weighted by atomic mass is 13.9. The quantitative estimate of drug-likeness (QED) is 0.303. The van der Waals surface area contributed by atoms with Crippen LogP contribution in [-0.2, 0) is 0 Å². The van der Waals surface area contributed by atoms with Gasteiger partial charge in [-0.25, -0.2) is 0 Å². The van der Waals surface area contributed by atoms with Gasteiger partial charge in [-0.2, -0.15) is 0 Å². The van der Waals surface area contributed by atoms with Crippen LogP contribution in [0.3, 0.4) is 0 Å². The van der Waals surface area contributed by atoms with Crippen molar-refractivity contribution in [1.29, 1.82) is 0 Å². The van der Waals surface area contributed by atoms with E-state index in [-0.39, 0.29) is 0 Å². The lowest BCUT2D eigenvalue weighted by molar-refractivity contribution is 0.649. The lowest BCUT2D eigenvalue weighted by Gasteiger charge is -1.96. The Morgan fingerprint density at radius 1 is 0.733 bits per heavy atom. The first-order chi connectivity index (χ1) is 7.41. The van der Waals surface area contributed by atoms with Crippen LogP contribution in [0.25, 0.3) is 0 Å². The maximum atomic E-state index is 3.85. The average molecular weight is 209 g/mol. The summed E-state index contributed by atoms with van der Waals surface area (Å²) in [5.74, 6) is 0. The van der Waals surface area contributed by atoms with Gasteiger partial charge in [0.1, 0.15) is 0 Å². The summed E-state index contributed by atoms with van der Waals surface area (Å²) < 4.78 is 0. The molecule has 0 aromatic heterocycles. The third kappa shape index (κ3) is 13.7. The van der Waals surface area contributed by atoms with Crippen molar-refractivity contribution in [3.63, 3.8) is 0 Å². The van der Waals surface area contributed by atoms with Gasteiger partial charge in [0.15, 0.2) is 0 Å². The fraction of sp³-hybridized carbons (Fsp3) is 0.800. The zero-order chi connectivity index (χ0) is 11.2. The van der Waals surface area contributed by atoms with Crippen molar-refractivity contribution >= 4 is 0 Å².